The number of anilines is 1. The maximum atomic E-state index is 13.5. The number of rotatable bonds is 5. The molecule has 154 valence electrons. The monoisotopic (exact) mass is 411 g/mol. The van der Waals surface area contributed by atoms with Gasteiger partial charge in [-0.3, -0.25) is 4.79 Å². The van der Waals surface area contributed by atoms with E-state index in [9.17, 15) is 4.79 Å². The smallest absolute Gasteiger partial charge is 0.232 e. The number of nitrogens with zero attached hydrogens (tertiary/aromatic N) is 2. The minimum Gasteiger partial charge on any atom is -0.497 e. The number of hydrogen-bond acceptors (Lipinski definition) is 5. The largest absolute Gasteiger partial charge is 0.497 e. The molecule has 1 heterocycles. The van der Waals surface area contributed by atoms with Crippen molar-refractivity contribution in [3.63, 3.8) is 0 Å². The first-order valence-electron chi connectivity index (χ1n) is 10.7. The van der Waals surface area contributed by atoms with Crippen molar-refractivity contribution >= 4 is 22.4 Å². The topological polar surface area (TPSA) is 64.1 Å². The molecule has 29 heavy (non-hydrogen) atoms. The molecule has 1 N–H and O–H groups in total. The van der Waals surface area contributed by atoms with E-state index in [0.717, 1.165) is 30.0 Å². The molecule has 0 saturated heterocycles. The van der Waals surface area contributed by atoms with E-state index in [1.165, 1.54) is 36.2 Å². The van der Waals surface area contributed by atoms with Crippen LogP contribution >= 0.6 is 11.3 Å². The van der Waals surface area contributed by atoms with Crippen LogP contribution < -0.4 is 10.1 Å². The van der Waals surface area contributed by atoms with Crippen LogP contribution in [0.25, 0.3) is 0 Å². The van der Waals surface area contributed by atoms with Crippen LogP contribution in [0.1, 0.15) is 68.9 Å². The van der Waals surface area contributed by atoms with E-state index in [-0.39, 0.29) is 16.7 Å². The summed E-state index contributed by atoms with van der Waals surface area (Å²) < 4.78 is 5.36. The highest BCUT2D eigenvalue weighted by molar-refractivity contribution is 7.15. The first-order valence-corrected chi connectivity index (χ1v) is 11.5. The van der Waals surface area contributed by atoms with Crippen LogP contribution in [0.5, 0.6) is 5.75 Å². The lowest BCUT2D eigenvalue weighted by Crippen LogP contribution is -2.57. The van der Waals surface area contributed by atoms with Gasteiger partial charge in [-0.1, -0.05) is 37.3 Å². The molecule has 0 radical (unpaired) electrons. The molecule has 4 saturated carbocycles. The standard InChI is InChI=1S/C23H29N3O2S/c1-14(2)19-25-26-21(29-19)24-20(27)23-11-15-8-16(12-23)10-22(9-15,13-23)17-4-6-18(28-3)7-5-17/h4-7,14-16H,8-13H2,1-3H3,(H,24,26,27). The van der Waals surface area contributed by atoms with E-state index >= 15 is 0 Å². The van der Waals surface area contributed by atoms with Crippen molar-refractivity contribution < 1.29 is 9.53 Å². The number of ether oxygens (including phenoxy) is 1. The number of methoxy groups -OCH3 is 1. The van der Waals surface area contributed by atoms with E-state index in [0.29, 0.717) is 22.9 Å². The van der Waals surface area contributed by atoms with Crippen molar-refractivity contribution in [2.45, 2.75) is 63.7 Å². The van der Waals surface area contributed by atoms with Gasteiger partial charge in [-0.05, 0) is 73.5 Å². The molecule has 4 bridgehead atoms. The van der Waals surface area contributed by atoms with Crippen molar-refractivity contribution in [2.75, 3.05) is 12.4 Å². The van der Waals surface area contributed by atoms with Crippen molar-refractivity contribution in [2.24, 2.45) is 17.3 Å². The molecule has 5 nitrogen and oxygen atoms in total. The van der Waals surface area contributed by atoms with Crippen LogP contribution in [0.15, 0.2) is 24.3 Å². The average molecular weight is 412 g/mol. The molecular formula is C23H29N3O2S. The predicted molar refractivity (Wildman–Crippen MR) is 114 cm³/mol. The lowest BCUT2D eigenvalue weighted by atomic mass is 9.42. The number of carbonyl (C=O) groups excluding carboxylic acids is 1. The Balaban J connectivity index is 1.43. The Bertz CT molecular complexity index is 906. The van der Waals surface area contributed by atoms with Gasteiger partial charge in [-0.2, -0.15) is 0 Å². The third-order valence-corrected chi connectivity index (χ3v) is 8.54. The predicted octanol–water partition coefficient (Wildman–Crippen LogP) is 5.15. The Morgan fingerprint density at radius 2 is 1.83 bits per heavy atom. The average Bonchev–Trinajstić information content (AvgIpc) is 3.16. The molecule has 2 aromatic rings. The number of aromatic nitrogens is 2. The maximum absolute atomic E-state index is 13.5. The van der Waals surface area contributed by atoms with Crippen molar-refractivity contribution in [3.05, 3.63) is 34.8 Å². The summed E-state index contributed by atoms with van der Waals surface area (Å²) >= 11 is 1.50. The van der Waals surface area contributed by atoms with Gasteiger partial charge in [0.2, 0.25) is 11.0 Å². The highest BCUT2D eigenvalue weighted by Gasteiger charge is 2.61. The first kappa shape index (κ1) is 19.0. The van der Waals surface area contributed by atoms with Crippen LogP contribution in [0.4, 0.5) is 5.13 Å². The second kappa shape index (κ2) is 6.79. The third kappa shape index (κ3) is 3.16. The van der Waals surface area contributed by atoms with Gasteiger partial charge in [0.25, 0.3) is 0 Å². The number of carbonyl (C=O) groups is 1. The number of amides is 1. The first-order chi connectivity index (χ1) is 13.9. The molecule has 4 aliphatic carbocycles. The molecule has 0 aliphatic heterocycles. The molecule has 1 aromatic carbocycles. The highest BCUT2D eigenvalue weighted by Crippen LogP contribution is 2.66. The second-order valence-electron chi connectivity index (χ2n) is 9.80. The van der Waals surface area contributed by atoms with E-state index in [4.69, 9.17) is 4.74 Å². The summed E-state index contributed by atoms with van der Waals surface area (Å²) in [4.78, 5) is 13.5. The van der Waals surface area contributed by atoms with Crippen LogP contribution in [-0.2, 0) is 10.2 Å². The second-order valence-corrected chi connectivity index (χ2v) is 10.8. The fourth-order valence-electron chi connectivity index (χ4n) is 6.56. The summed E-state index contributed by atoms with van der Waals surface area (Å²) in [6, 6.07) is 8.57. The summed E-state index contributed by atoms with van der Waals surface area (Å²) in [5.41, 5.74) is 1.23. The molecule has 2 unspecified atom stereocenters. The zero-order valence-corrected chi connectivity index (χ0v) is 18.2. The fourth-order valence-corrected chi connectivity index (χ4v) is 7.30. The van der Waals surface area contributed by atoms with Crippen molar-refractivity contribution in [1.82, 2.24) is 10.2 Å². The van der Waals surface area contributed by atoms with Crippen molar-refractivity contribution in [3.8, 4) is 5.75 Å². The van der Waals surface area contributed by atoms with Crippen LogP contribution in [0, 0.1) is 17.3 Å². The summed E-state index contributed by atoms with van der Waals surface area (Å²) in [5, 5.41) is 13.2. The molecule has 6 heteroatoms. The number of nitrogens with one attached hydrogen (secondary N) is 1. The zero-order valence-electron chi connectivity index (χ0n) is 17.4. The van der Waals surface area contributed by atoms with Crippen LogP contribution in [0.2, 0.25) is 0 Å². The van der Waals surface area contributed by atoms with Crippen LogP contribution in [0.3, 0.4) is 0 Å². The highest BCUT2D eigenvalue weighted by atomic mass is 32.1. The summed E-state index contributed by atoms with van der Waals surface area (Å²) in [6.45, 7) is 4.20. The Morgan fingerprint density at radius 1 is 1.14 bits per heavy atom. The SMILES string of the molecule is COc1ccc(C23CC4CC(CC(C(=O)Nc5nnc(C(C)C)s5)(C4)C2)C3)cc1. The zero-order chi connectivity index (χ0) is 20.2. The molecule has 1 aromatic heterocycles. The minimum absolute atomic E-state index is 0.123. The Morgan fingerprint density at radius 3 is 2.41 bits per heavy atom. The van der Waals surface area contributed by atoms with E-state index in [1.54, 1.807) is 7.11 Å². The Kier molecular flexibility index (Phi) is 4.46. The fraction of sp³-hybridized carbons (Fsp3) is 0.609. The third-order valence-electron chi connectivity index (χ3n) is 7.40. The lowest BCUT2D eigenvalue weighted by molar-refractivity contribution is -0.143. The summed E-state index contributed by atoms with van der Waals surface area (Å²) in [7, 11) is 1.71. The van der Waals surface area contributed by atoms with Gasteiger partial charge in [0.15, 0.2) is 0 Å². The number of hydrogen-bond donors (Lipinski definition) is 1. The lowest BCUT2D eigenvalue weighted by Gasteiger charge is -2.61. The van der Waals surface area contributed by atoms with Gasteiger partial charge in [-0.15, -0.1) is 10.2 Å². The Labute approximate surface area is 176 Å². The van der Waals surface area contributed by atoms with E-state index in [1.807, 2.05) is 0 Å². The number of benzene rings is 1. The van der Waals surface area contributed by atoms with Gasteiger partial charge >= 0.3 is 0 Å². The molecule has 4 aliphatic rings. The van der Waals surface area contributed by atoms with Gasteiger partial charge in [0.05, 0.1) is 12.5 Å². The molecular weight excluding hydrogens is 382 g/mol. The normalized spacial score (nSPS) is 32.6. The van der Waals surface area contributed by atoms with Crippen LogP contribution in [-0.4, -0.2) is 23.2 Å². The van der Waals surface area contributed by atoms with Crippen molar-refractivity contribution in [1.29, 1.82) is 0 Å². The molecule has 2 atom stereocenters. The molecule has 6 rings (SSSR count). The van der Waals surface area contributed by atoms with E-state index in [2.05, 4.69) is 53.6 Å². The molecule has 1 amide bonds. The van der Waals surface area contributed by atoms with Gasteiger partial charge in [0, 0.05) is 5.92 Å². The van der Waals surface area contributed by atoms with Gasteiger partial charge in [-0.25, -0.2) is 0 Å². The maximum Gasteiger partial charge on any atom is 0.232 e. The Hall–Kier alpha value is -1.95. The summed E-state index contributed by atoms with van der Waals surface area (Å²) in [6.07, 6.45) is 6.68. The quantitative estimate of drug-likeness (QED) is 0.739. The minimum atomic E-state index is -0.270. The molecule has 4 fully saturated rings. The van der Waals surface area contributed by atoms with Gasteiger partial charge < -0.3 is 10.1 Å². The van der Waals surface area contributed by atoms with Gasteiger partial charge in [0.1, 0.15) is 10.8 Å². The van der Waals surface area contributed by atoms with E-state index < -0.39 is 0 Å². The summed E-state index contributed by atoms with van der Waals surface area (Å²) in [5.74, 6) is 2.67. The molecule has 0 spiro atoms.